The van der Waals surface area contributed by atoms with Gasteiger partial charge in [-0.15, -0.1) is 24.0 Å². The number of nitrogens with zero attached hydrogens (tertiary/aromatic N) is 2. The molecule has 1 aliphatic heterocycles. The zero-order valence-electron chi connectivity index (χ0n) is 16.9. The molecule has 0 spiro atoms. The van der Waals surface area contributed by atoms with E-state index in [4.69, 9.17) is 4.74 Å². The van der Waals surface area contributed by atoms with Gasteiger partial charge in [0, 0.05) is 26.7 Å². The van der Waals surface area contributed by atoms with E-state index in [1.807, 2.05) is 30.9 Å². The highest BCUT2D eigenvalue weighted by molar-refractivity contribution is 14.0. The molecule has 1 fully saturated rings. The quantitative estimate of drug-likeness (QED) is 0.376. The summed E-state index contributed by atoms with van der Waals surface area (Å²) < 4.78 is 29.2. The average molecular weight is 509 g/mol. The summed E-state index contributed by atoms with van der Waals surface area (Å²) in [7, 11) is -1.32. The highest BCUT2D eigenvalue weighted by atomic mass is 127. The average Bonchev–Trinajstić information content (AvgIpc) is 2.55. The van der Waals surface area contributed by atoms with Gasteiger partial charge in [-0.2, -0.15) is 0 Å². The summed E-state index contributed by atoms with van der Waals surface area (Å²) in [5.74, 6) is 1.80. The first-order valence-corrected chi connectivity index (χ1v) is 10.7. The van der Waals surface area contributed by atoms with Gasteiger partial charge in [0.1, 0.15) is 5.75 Å². The molecule has 8 heteroatoms. The highest BCUT2D eigenvalue weighted by Gasteiger charge is 2.40. The van der Waals surface area contributed by atoms with Crippen LogP contribution < -0.4 is 10.1 Å². The van der Waals surface area contributed by atoms with Crippen molar-refractivity contribution in [2.24, 2.45) is 4.99 Å². The normalized spacial score (nSPS) is 18.7. The second kappa shape index (κ2) is 9.95. The van der Waals surface area contributed by atoms with Gasteiger partial charge in [0.05, 0.1) is 16.6 Å². The van der Waals surface area contributed by atoms with E-state index in [2.05, 4.69) is 22.4 Å². The fraction of sp³-hybridized carbons (Fsp3) is 0.632. The van der Waals surface area contributed by atoms with Crippen LogP contribution in [0.2, 0.25) is 0 Å². The van der Waals surface area contributed by atoms with E-state index in [1.165, 1.54) is 5.56 Å². The molecule has 0 bridgehead atoms. The van der Waals surface area contributed by atoms with Gasteiger partial charge in [0.2, 0.25) is 0 Å². The maximum atomic E-state index is 12.2. The summed E-state index contributed by atoms with van der Waals surface area (Å²) in [4.78, 5) is 6.35. The Hall–Kier alpha value is -1.03. The third-order valence-corrected chi connectivity index (χ3v) is 7.08. The van der Waals surface area contributed by atoms with E-state index in [9.17, 15) is 8.42 Å². The molecule has 1 aromatic carbocycles. The van der Waals surface area contributed by atoms with Gasteiger partial charge >= 0.3 is 0 Å². The van der Waals surface area contributed by atoms with Gasteiger partial charge in [0.15, 0.2) is 15.8 Å². The van der Waals surface area contributed by atoms with Crippen molar-refractivity contribution in [2.75, 3.05) is 32.4 Å². The molecular weight excluding hydrogens is 477 g/mol. The molecular formula is C19H32IN3O3S. The maximum Gasteiger partial charge on any atom is 0.193 e. The van der Waals surface area contributed by atoms with Gasteiger partial charge in [0.25, 0.3) is 0 Å². The van der Waals surface area contributed by atoms with Crippen LogP contribution in [0, 0.1) is 0 Å². The summed E-state index contributed by atoms with van der Waals surface area (Å²) in [6.45, 7) is 9.25. The van der Waals surface area contributed by atoms with Crippen molar-refractivity contribution in [1.82, 2.24) is 10.2 Å². The summed E-state index contributed by atoms with van der Waals surface area (Å²) in [5.41, 5.74) is 1.21. The van der Waals surface area contributed by atoms with Crippen molar-refractivity contribution in [3.63, 3.8) is 0 Å². The van der Waals surface area contributed by atoms with Crippen LogP contribution in [0.5, 0.6) is 5.75 Å². The number of guanidine groups is 1. The molecule has 0 radical (unpaired) electrons. The molecule has 0 saturated carbocycles. The van der Waals surface area contributed by atoms with Crippen LogP contribution in [0.15, 0.2) is 29.3 Å². The van der Waals surface area contributed by atoms with Crippen LogP contribution in [0.4, 0.5) is 0 Å². The minimum Gasteiger partial charge on any atom is -0.491 e. The molecule has 1 saturated heterocycles. The van der Waals surface area contributed by atoms with Crippen LogP contribution in [0.1, 0.15) is 33.3 Å². The molecule has 154 valence electrons. The second-order valence-electron chi connectivity index (χ2n) is 7.53. The lowest BCUT2D eigenvalue weighted by atomic mass is 10.1. The Morgan fingerprint density at radius 3 is 2.44 bits per heavy atom. The summed E-state index contributed by atoms with van der Waals surface area (Å²) in [6.07, 6.45) is 1.03. The van der Waals surface area contributed by atoms with Crippen molar-refractivity contribution in [2.45, 2.75) is 45.0 Å². The zero-order chi connectivity index (χ0) is 19.4. The van der Waals surface area contributed by atoms with Crippen LogP contribution in [0.3, 0.4) is 0 Å². The lowest BCUT2D eigenvalue weighted by molar-refractivity contribution is 0.242. The summed E-state index contributed by atoms with van der Waals surface area (Å²) >= 11 is 0. The Balaban J connectivity index is 0.00000364. The molecule has 6 nitrogen and oxygen atoms in total. The number of rotatable bonds is 5. The van der Waals surface area contributed by atoms with Gasteiger partial charge < -0.3 is 15.0 Å². The Morgan fingerprint density at radius 1 is 1.30 bits per heavy atom. The SMILES string of the molecule is CN=C(NCCc1ccc(OC(C)C)cc1)N1CCS(=O)(=O)C(C)(C)C1.I. The lowest BCUT2D eigenvalue weighted by Crippen LogP contribution is -2.57. The number of hydrogen-bond acceptors (Lipinski definition) is 4. The molecule has 1 aromatic rings. The van der Waals surface area contributed by atoms with Crippen LogP contribution in [-0.4, -0.2) is 62.6 Å². The Morgan fingerprint density at radius 2 is 1.93 bits per heavy atom. The number of aliphatic imine (C=N–C) groups is 1. The Kier molecular flexibility index (Phi) is 8.85. The van der Waals surface area contributed by atoms with Gasteiger partial charge in [-0.1, -0.05) is 12.1 Å². The fourth-order valence-electron chi connectivity index (χ4n) is 2.98. The maximum absolute atomic E-state index is 12.2. The molecule has 1 aliphatic rings. The lowest BCUT2D eigenvalue weighted by Gasteiger charge is -2.39. The number of hydrogen-bond donors (Lipinski definition) is 1. The first kappa shape index (κ1) is 24.0. The van der Waals surface area contributed by atoms with E-state index in [0.717, 1.165) is 24.7 Å². The van der Waals surface area contributed by atoms with Crippen molar-refractivity contribution < 1.29 is 13.2 Å². The first-order chi connectivity index (χ1) is 12.1. The number of nitrogens with one attached hydrogen (secondary N) is 1. The molecule has 0 atom stereocenters. The van der Waals surface area contributed by atoms with E-state index in [1.54, 1.807) is 20.9 Å². The molecule has 0 amide bonds. The molecule has 0 aliphatic carbocycles. The van der Waals surface area contributed by atoms with E-state index >= 15 is 0 Å². The molecule has 2 rings (SSSR count). The fourth-order valence-corrected chi connectivity index (χ4v) is 4.35. The van der Waals surface area contributed by atoms with E-state index < -0.39 is 14.6 Å². The molecule has 0 unspecified atom stereocenters. The first-order valence-electron chi connectivity index (χ1n) is 9.08. The standard InChI is InChI=1S/C19H31N3O3S.HI/c1-15(2)25-17-8-6-16(7-9-17)10-11-21-18(20-5)22-12-13-26(23,24)19(3,4)14-22;/h6-9,15H,10-14H2,1-5H3,(H,20,21);1H. The van der Waals surface area contributed by atoms with Crippen molar-refractivity contribution in [1.29, 1.82) is 0 Å². The largest absolute Gasteiger partial charge is 0.491 e. The highest BCUT2D eigenvalue weighted by Crippen LogP contribution is 2.23. The summed E-state index contributed by atoms with van der Waals surface area (Å²) in [5, 5.41) is 3.35. The summed E-state index contributed by atoms with van der Waals surface area (Å²) in [6, 6.07) is 8.11. The van der Waals surface area contributed by atoms with Gasteiger partial charge in [-0.05, 0) is 51.8 Å². The van der Waals surface area contributed by atoms with Gasteiger partial charge in [-0.3, -0.25) is 4.99 Å². The Bertz CT molecular complexity index is 731. The van der Waals surface area contributed by atoms with Crippen LogP contribution >= 0.6 is 24.0 Å². The monoisotopic (exact) mass is 509 g/mol. The van der Waals surface area contributed by atoms with Crippen molar-refractivity contribution in [3.8, 4) is 5.75 Å². The van der Waals surface area contributed by atoms with Crippen LogP contribution in [-0.2, 0) is 16.3 Å². The number of ether oxygens (including phenoxy) is 1. The molecule has 1 N–H and O–H groups in total. The van der Waals surface area contributed by atoms with Crippen molar-refractivity contribution in [3.05, 3.63) is 29.8 Å². The van der Waals surface area contributed by atoms with Crippen LogP contribution in [0.25, 0.3) is 0 Å². The predicted octanol–water partition coefficient (Wildman–Crippen LogP) is 2.72. The Labute approximate surface area is 180 Å². The van der Waals surface area contributed by atoms with Crippen molar-refractivity contribution >= 4 is 39.8 Å². The number of halogens is 1. The van der Waals surface area contributed by atoms with E-state index in [-0.39, 0.29) is 35.8 Å². The molecule has 0 aromatic heterocycles. The predicted molar refractivity (Wildman–Crippen MR) is 122 cm³/mol. The zero-order valence-corrected chi connectivity index (χ0v) is 20.0. The third-order valence-electron chi connectivity index (χ3n) is 4.55. The third kappa shape index (κ3) is 6.51. The smallest absolute Gasteiger partial charge is 0.193 e. The molecule has 1 heterocycles. The minimum absolute atomic E-state index is 0. The second-order valence-corrected chi connectivity index (χ2v) is 10.3. The number of sulfone groups is 1. The minimum atomic E-state index is -3.05. The molecule has 27 heavy (non-hydrogen) atoms. The number of benzene rings is 1. The van der Waals surface area contributed by atoms with E-state index in [0.29, 0.717) is 13.1 Å². The van der Waals surface area contributed by atoms with Gasteiger partial charge in [-0.25, -0.2) is 8.42 Å². The topological polar surface area (TPSA) is 71.0 Å².